The molecule has 0 saturated carbocycles. The van der Waals surface area contributed by atoms with Gasteiger partial charge in [0.05, 0.1) is 0 Å². The summed E-state index contributed by atoms with van der Waals surface area (Å²) in [5, 5.41) is 0. The minimum Gasteiger partial charge on any atom is -0.294 e. The summed E-state index contributed by atoms with van der Waals surface area (Å²) in [4.78, 5) is 40.3. The van der Waals surface area contributed by atoms with Crippen LogP contribution in [-0.2, 0) is 14.4 Å². The molecule has 0 aromatic carbocycles. The van der Waals surface area contributed by atoms with E-state index in [4.69, 9.17) is 0 Å². The van der Waals surface area contributed by atoms with Crippen molar-refractivity contribution in [2.24, 2.45) is 0 Å². The van der Waals surface area contributed by atoms with E-state index in [0.717, 1.165) is 116 Å². The molecule has 0 aromatic heterocycles. The molecule has 0 aliphatic rings. The summed E-state index contributed by atoms with van der Waals surface area (Å²) >= 11 is 0. The van der Waals surface area contributed by atoms with Gasteiger partial charge in [-0.3, -0.25) is 14.4 Å². The zero-order valence-electron chi connectivity index (χ0n) is 38.6. The Morgan fingerprint density at radius 3 is 0.724 bits per heavy atom. The molecule has 0 rings (SSSR count). The van der Waals surface area contributed by atoms with Crippen molar-refractivity contribution in [1.82, 2.24) is 0 Å². The van der Waals surface area contributed by atoms with E-state index in [-0.39, 0.29) is 16.6 Å². The molecule has 0 atom stereocenters. The summed E-state index contributed by atoms with van der Waals surface area (Å²) < 4.78 is 0. The van der Waals surface area contributed by atoms with Crippen molar-refractivity contribution in [2.45, 2.75) is 252 Å². The normalized spacial score (nSPS) is 12.4. The molecule has 0 amide bonds. The van der Waals surface area contributed by atoms with E-state index in [1.165, 1.54) is 96.3 Å². The molecule has 0 aliphatic heterocycles. The Morgan fingerprint density at radius 2 is 0.483 bits per heavy atom. The maximum Gasteiger partial charge on any atom is 0.169 e. The van der Waals surface area contributed by atoms with Crippen LogP contribution in [0.2, 0.25) is 0 Å². The molecule has 0 spiro atoms. The van der Waals surface area contributed by atoms with Crippen molar-refractivity contribution < 1.29 is 14.4 Å². The number of carbonyl (C=O) groups excluding carboxylic acids is 3. The highest BCUT2D eigenvalue weighted by Crippen LogP contribution is 2.44. The molecule has 0 N–H and O–H groups in total. The predicted molar refractivity (Wildman–Crippen MR) is 260 cm³/mol. The Balaban J connectivity index is 4.54. The Hall–Kier alpha value is -2.12. The second-order valence-electron chi connectivity index (χ2n) is 16.5. The number of hydrogen-bond acceptors (Lipinski definition) is 3. The molecule has 4 heteroatoms. The van der Waals surface area contributed by atoms with Crippen LogP contribution in [0.25, 0.3) is 0 Å². The van der Waals surface area contributed by atoms with Gasteiger partial charge in [-0.1, -0.05) is 190 Å². The minimum absolute atomic E-state index is 0.0548. The Morgan fingerprint density at radius 1 is 0.276 bits per heavy atom. The van der Waals surface area contributed by atoms with Gasteiger partial charge in [-0.15, -0.1) is 0 Å². The van der Waals surface area contributed by atoms with E-state index < -0.39 is 7.92 Å². The molecular weight excluding hydrogens is 728 g/mol. The van der Waals surface area contributed by atoms with Crippen LogP contribution in [0.15, 0.2) is 72.9 Å². The lowest BCUT2D eigenvalue weighted by atomic mass is 10.1. The molecule has 3 nitrogen and oxygen atoms in total. The summed E-state index contributed by atoms with van der Waals surface area (Å²) in [5.74, 6) is 0. The quantitative estimate of drug-likeness (QED) is 0.0349. The average molecular weight is 821 g/mol. The van der Waals surface area contributed by atoms with Crippen molar-refractivity contribution in [3.05, 3.63) is 72.9 Å². The van der Waals surface area contributed by atoms with Crippen molar-refractivity contribution in [3.8, 4) is 0 Å². The third-order valence-electron chi connectivity index (χ3n) is 10.8. The number of rotatable bonds is 45. The fourth-order valence-corrected chi connectivity index (χ4v) is 9.00. The standard InChI is InChI=1S/C54H93O3P/c1-4-7-10-13-16-19-22-25-28-31-34-37-40-43-46-49-52(55)58(53(56)50-47-44-41-38-35-32-29-26-23-20-17-14-11-8-5-2)54(57)51-48-45-42-39-36-33-30-27-24-21-18-15-12-9-6-3/h16-21,25-30H,4-15,22-24,31-51H2,1-3H3/b19-16-,20-17-,21-18-,28-25-,29-26-,30-27-. The SMILES string of the molecule is CCCCC/C=C\C/C=C\CCCCCCCC(=O)P(C(=O)CCCCCCC/C=C\C/C=C\CCCCC)C(=O)CCCCCCC/C=C\C/C=C\CCCCC. The fourth-order valence-electron chi connectivity index (χ4n) is 7.02. The topological polar surface area (TPSA) is 51.2 Å². The summed E-state index contributed by atoms with van der Waals surface area (Å²) in [6.45, 7) is 6.73. The first-order valence-corrected chi connectivity index (χ1v) is 26.2. The molecule has 332 valence electrons. The van der Waals surface area contributed by atoms with Gasteiger partial charge in [-0.25, -0.2) is 0 Å². The van der Waals surface area contributed by atoms with Gasteiger partial charge in [0.2, 0.25) is 0 Å². The first kappa shape index (κ1) is 55.9. The molecule has 0 saturated heterocycles. The molecular formula is C54H93O3P. The maximum atomic E-state index is 13.4. The Bertz CT molecular complexity index is 971. The fraction of sp³-hybridized carbons (Fsp3) is 0.722. The lowest BCUT2D eigenvalue weighted by molar-refractivity contribution is -0.116. The van der Waals surface area contributed by atoms with E-state index in [0.29, 0.717) is 19.3 Å². The molecule has 0 fully saturated rings. The van der Waals surface area contributed by atoms with Crippen molar-refractivity contribution in [3.63, 3.8) is 0 Å². The monoisotopic (exact) mass is 821 g/mol. The van der Waals surface area contributed by atoms with Gasteiger partial charge < -0.3 is 0 Å². The van der Waals surface area contributed by atoms with Gasteiger partial charge in [0.15, 0.2) is 16.6 Å². The first-order chi connectivity index (χ1) is 28.6. The number of hydrogen-bond donors (Lipinski definition) is 0. The van der Waals surface area contributed by atoms with E-state index in [9.17, 15) is 14.4 Å². The van der Waals surface area contributed by atoms with Gasteiger partial charge >= 0.3 is 0 Å². The summed E-state index contributed by atoms with van der Waals surface area (Å²) in [5.41, 5.74) is -0.164. The van der Waals surface area contributed by atoms with Crippen LogP contribution < -0.4 is 0 Å². The van der Waals surface area contributed by atoms with Crippen LogP contribution in [0.4, 0.5) is 0 Å². The van der Waals surface area contributed by atoms with E-state index >= 15 is 0 Å². The first-order valence-electron chi connectivity index (χ1n) is 24.9. The van der Waals surface area contributed by atoms with Crippen LogP contribution in [0.1, 0.15) is 252 Å². The molecule has 0 aliphatic carbocycles. The molecule has 0 aromatic rings. The third-order valence-corrected chi connectivity index (χ3v) is 12.9. The van der Waals surface area contributed by atoms with E-state index in [2.05, 4.69) is 93.7 Å². The van der Waals surface area contributed by atoms with Crippen molar-refractivity contribution >= 4 is 24.5 Å². The zero-order valence-corrected chi connectivity index (χ0v) is 39.5. The van der Waals surface area contributed by atoms with Gasteiger partial charge in [0.1, 0.15) is 7.92 Å². The third kappa shape index (κ3) is 40.7. The van der Waals surface area contributed by atoms with Gasteiger partial charge in [0, 0.05) is 19.3 Å². The Labute approximate surface area is 362 Å². The van der Waals surface area contributed by atoms with Crippen molar-refractivity contribution in [2.75, 3.05) is 0 Å². The smallest absolute Gasteiger partial charge is 0.169 e. The molecule has 0 unspecified atom stereocenters. The minimum atomic E-state index is -1.83. The lowest BCUT2D eigenvalue weighted by Crippen LogP contribution is -2.13. The molecule has 0 heterocycles. The van der Waals surface area contributed by atoms with Crippen LogP contribution >= 0.6 is 7.92 Å². The second-order valence-corrected chi connectivity index (χ2v) is 18.6. The highest BCUT2D eigenvalue weighted by Gasteiger charge is 2.31. The van der Waals surface area contributed by atoms with Crippen LogP contribution in [0, 0.1) is 0 Å². The summed E-state index contributed by atoms with van der Waals surface area (Å²) in [6.07, 6.45) is 66.0. The largest absolute Gasteiger partial charge is 0.294 e. The van der Waals surface area contributed by atoms with Crippen molar-refractivity contribution in [1.29, 1.82) is 0 Å². The second kappa shape index (κ2) is 47.6. The average Bonchev–Trinajstić information content (AvgIpc) is 3.22. The molecule has 0 radical (unpaired) electrons. The number of carbonyl (C=O) groups is 3. The van der Waals surface area contributed by atoms with Crippen LogP contribution in [-0.4, -0.2) is 16.6 Å². The zero-order chi connectivity index (χ0) is 42.3. The lowest BCUT2D eigenvalue weighted by Gasteiger charge is -2.14. The van der Waals surface area contributed by atoms with Gasteiger partial charge in [0.25, 0.3) is 0 Å². The number of unbranched alkanes of at least 4 members (excludes halogenated alkanes) is 24. The predicted octanol–water partition coefficient (Wildman–Crippen LogP) is 18.5. The highest BCUT2D eigenvalue weighted by molar-refractivity contribution is 8.01. The molecule has 58 heavy (non-hydrogen) atoms. The Kier molecular flexibility index (Phi) is 45.8. The van der Waals surface area contributed by atoms with E-state index in [1.54, 1.807) is 0 Å². The molecule has 0 bridgehead atoms. The highest BCUT2D eigenvalue weighted by atomic mass is 31.1. The van der Waals surface area contributed by atoms with Gasteiger partial charge in [-0.2, -0.15) is 0 Å². The maximum absolute atomic E-state index is 13.4. The summed E-state index contributed by atoms with van der Waals surface area (Å²) in [6, 6.07) is 0. The van der Waals surface area contributed by atoms with Gasteiger partial charge in [-0.05, 0) is 116 Å². The van der Waals surface area contributed by atoms with Crippen LogP contribution in [0.3, 0.4) is 0 Å². The summed E-state index contributed by atoms with van der Waals surface area (Å²) in [7, 11) is -1.83. The number of allylic oxidation sites excluding steroid dienone is 12. The van der Waals surface area contributed by atoms with E-state index in [1.807, 2.05) is 0 Å². The van der Waals surface area contributed by atoms with Crippen LogP contribution in [0.5, 0.6) is 0 Å².